The zero-order valence-electron chi connectivity index (χ0n) is 29.6. The summed E-state index contributed by atoms with van der Waals surface area (Å²) in [6.45, 7) is 12.6. The molecule has 2 aliphatic heterocycles. The molecule has 2 saturated heterocycles. The number of H-pyrrole nitrogens is 2. The minimum atomic E-state index is -0.549. The van der Waals surface area contributed by atoms with Crippen molar-refractivity contribution in [3.8, 4) is 33.8 Å². The van der Waals surface area contributed by atoms with E-state index in [1.54, 1.807) is 16.0 Å². The Morgan fingerprint density at radius 2 is 1.20 bits per heavy atom. The number of fused-ring (bicyclic) bond motifs is 1. The van der Waals surface area contributed by atoms with Gasteiger partial charge in [0.15, 0.2) is 0 Å². The molecule has 0 unspecified atom stereocenters. The number of benzene rings is 2. The number of carbonyl (C=O) groups excluding carboxylic acids is 2. The Bertz CT molecular complexity index is 2020. The molecule has 0 aliphatic carbocycles. The van der Waals surface area contributed by atoms with E-state index in [-0.39, 0.29) is 24.3 Å². The molecule has 0 spiro atoms. The highest BCUT2D eigenvalue weighted by Gasteiger charge is 2.36. The van der Waals surface area contributed by atoms with Gasteiger partial charge in [0.2, 0.25) is 0 Å². The number of likely N-dealkylation sites (tertiary alicyclic amines) is 2. The molecule has 0 saturated carbocycles. The number of pyridine rings is 1. The summed E-state index contributed by atoms with van der Waals surface area (Å²) in [7, 11) is 0. The number of carbonyl (C=O) groups is 2. The van der Waals surface area contributed by atoms with E-state index in [0.29, 0.717) is 13.1 Å². The Kier molecular flexibility index (Phi) is 8.61. The second kappa shape index (κ2) is 12.9. The lowest BCUT2D eigenvalue weighted by Crippen LogP contribution is -2.36. The first-order valence-electron chi connectivity index (χ1n) is 17.4. The fourth-order valence-electron chi connectivity index (χ4n) is 6.77. The molecule has 2 aliphatic rings. The average molecular weight is 676 g/mol. The summed E-state index contributed by atoms with van der Waals surface area (Å²) in [5, 5.41) is 1.03. The fourth-order valence-corrected chi connectivity index (χ4v) is 6.77. The first-order chi connectivity index (χ1) is 23.8. The summed E-state index contributed by atoms with van der Waals surface area (Å²) in [4.78, 5) is 50.2. The van der Waals surface area contributed by atoms with Gasteiger partial charge >= 0.3 is 12.2 Å². The molecule has 11 nitrogen and oxygen atoms in total. The number of imidazole rings is 2. The predicted octanol–water partition coefficient (Wildman–Crippen LogP) is 8.83. The van der Waals surface area contributed by atoms with Gasteiger partial charge in [0.25, 0.3) is 0 Å². The van der Waals surface area contributed by atoms with E-state index >= 15 is 0 Å². The molecule has 2 amide bonds. The van der Waals surface area contributed by atoms with Gasteiger partial charge in [-0.05, 0) is 102 Å². The van der Waals surface area contributed by atoms with Gasteiger partial charge in [-0.2, -0.15) is 0 Å². The third-order valence-electron chi connectivity index (χ3n) is 9.08. The number of hydrogen-bond donors (Lipinski definition) is 2. The monoisotopic (exact) mass is 675 g/mol. The molecule has 11 heteroatoms. The smallest absolute Gasteiger partial charge is 0.410 e. The van der Waals surface area contributed by atoms with E-state index in [1.807, 2.05) is 59.9 Å². The van der Waals surface area contributed by atoms with E-state index < -0.39 is 11.2 Å². The quantitative estimate of drug-likeness (QED) is 0.190. The molecule has 0 bridgehead atoms. The predicted molar refractivity (Wildman–Crippen MR) is 192 cm³/mol. The zero-order chi connectivity index (χ0) is 35.2. The van der Waals surface area contributed by atoms with Crippen molar-refractivity contribution in [2.45, 2.75) is 90.5 Å². The maximum absolute atomic E-state index is 12.8. The second-order valence-electron chi connectivity index (χ2n) is 15.2. The third kappa shape index (κ3) is 7.08. The van der Waals surface area contributed by atoms with E-state index in [0.717, 1.165) is 82.0 Å². The lowest BCUT2D eigenvalue weighted by atomic mass is 10.0. The summed E-state index contributed by atoms with van der Waals surface area (Å²) in [5.74, 6) is 1.53. The van der Waals surface area contributed by atoms with Crippen molar-refractivity contribution in [1.29, 1.82) is 0 Å². The molecular weight excluding hydrogens is 630 g/mol. The van der Waals surface area contributed by atoms with Gasteiger partial charge < -0.3 is 19.4 Å². The standard InChI is InChI=1S/C39H45N7O4/c1-38(2,3)49-36(47)45-19-7-9-32(45)34-40-22-30(43-34)25-13-11-24(12-14-25)26-15-17-28-27(21-26)16-18-29(42-28)31-23-41-35(44-31)33-10-8-20-46(33)37(48)50-39(4,5)6/h11-18,21-23,32-33H,7-10,19-20H2,1-6H3,(H,40,43)(H,41,44)/t32-,33-/m0/s1. The Labute approximate surface area is 292 Å². The zero-order valence-corrected chi connectivity index (χ0v) is 29.6. The van der Waals surface area contributed by atoms with Gasteiger partial charge in [-0.1, -0.05) is 36.4 Å². The molecule has 2 atom stereocenters. The SMILES string of the molecule is CC(C)(C)OC(=O)N1CCC[C@H]1c1ncc(-c2ccc(-c3ccc4nc(-c5cnc([C@@H]6CCCN6C(=O)OC(C)(C)C)[nH]5)ccc4c3)cc2)[nH]1. The molecular formula is C39H45N7O4. The van der Waals surface area contributed by atoms with Crippen molar-refractivity contribution in [2.75, 3.05) is 13.1 Å². The molecule has 2 aromatic carbocycles. The van der Waals surface area contributed by atoms with Crippen molar-refractivity contribution >= 4 is 23.1 Å². The van der Waals surface area contributed by atoms with Gasteiger partial charge in [0.1, 0.15) is 22.9 Å². The number of ether oxygens (including phenoxy) is 2. The number of aromatic amines is 2. The summed E-state index contributed by atoms with van der Waals surface area (Å²) in [5.41, 5.74) is 5.51. The van der Waals surface area contributed by atoms with Crippen LogP contribution in [0.25, 0.3) is 44.7 Å². The maximum Gasteiger partial charge on any atom is 0.410 e. The number of rotatable bonds is 5. The number of aromatic nitrogens is 5. The van der Waals surface area contributed by atoms with E-state index in [4.69, 9.17) is 14.5 Å². The normalized spacial score (nSPS) is 18.2. The highest BCUT2D eigenvalue weighted by Crippen LogP contribution is 2.35. The average Bonchev–Trinajstić information content (AvgIpc) is 3.88. The molecule has 7 rings (SSSR count). The Morgan fingerprint density at radius 1 is 0.680 bits per heavy atom. The van der Waals surface area contributed by atoms with E-state index in [2.05, 4.69) is 62.4 Å². The van der Waals surface area contributed by atoms with Crippen molar-refractivity contribution < 1.29 is 19.1 Å². The number of nitrogens with zero attached hydrogens (tertiary/aromatic N) is 5. The Hall–Kier alpha value is -5.19. The number of amides is 2. The van der Waals surface area contributed by atoms with Crippen LogP contribution in [0.1, 0.15) is 91.0 Å². The van der Waals surface area contributed by atoms with Crippen LogP contribution in [0.4, 0.5) is 9.59 Å². The third-order valence-corrected chi connectivity index (χ3v) is 9.08. The highest BCUT2D eigenvalue weighted by molar-refractivity contribution is 5.86. The fraction of sp³-hybridized carbons (Fsp3) is 0.410. The lowest BCUT2D eigenvalue weighted by Gasteiger charge is -2.27. The van der Waals surface area contributed by atoms with Gasteiger partial charge in [-0.15, -0.1) is 0 Å². The molecule has 5 aromatic rings. The van der Waals surface area contributed by atoms with Crippen LogP contribution < -0.4 is 0 Å². The maximum atomic E-state index is 12.8. The topological polar surface area (TPSA) is 129 Å². The van der Waals surface area contributed by atoms with Crippen LogP contribution in [0, 0.1) is 0 Å². The Balaban J connectivity index is 1.04. The van der Waals surface area contributed by atoms with Crippen LogP contribution >= 0.6 is 0 Å². The van der Waals surface area contributed by atoms with E-state index in [9.17, 15) is 9.59 Å². The lowest BCUT2D eigenvalue weighted by molar-refractivity contribution is 0.0208. The summed E-state index contributed by atoms with van der Waals surface area (Å²) < 4.78 is 11.3. The molecule has 2 N–H and O–H groups in total. The summed E-state index contributed by atoms with van der Waals surface area (Å²) in [6, 6.07) is 18.5. The van der Waals surface area contributed by atoms with Gasteiger partial charge in [-0.3, -0.25) is 9.80 Å². The van der Waals surface area contributed by atoms with Crippen LogP contribution in [0.3, 0.4) is 0 Å². The largest absolute Gasteiger partial charge is 0.444 e. The molecule has 260 valence electrons. The number of hydrogen-bond acceptors (Lipinski definition) is 7. The van der Waals surface area contributed by atoms with Crippen molar-refractivity contribution in [2.24, 2.45) is 0 Å². The minimum Gasteiger partial charge on any atom is -0.444 e. The highest BCUT2D eigenvalue weighted by atomic mass is 16.6. The summed E-state index contributed by atoms with van der Waals surface area (Å²) >= 11 is 0. The van der Waals surface area contributed by atoms with Crippen LogP contribution in [0.2, 0.25) is 0 Å². The molecule has 5 heterocycles. The van der Waals surface area contributed by atoms with Crippen molar-refractivity contribution in [1.82, 2.24) is 34.7 Å². The van der Waals surface area contributed by atoms with Crippen LogP contribution in [0.15, 0.2) is 67.0 Å². The molecule has 0 radical (unpaired) electrons. The molecule has 2 fully saturated rings. The second-order valence-corrected chi connectivity index (χ2v) is 15.2. The van der Waals surface area contributed by atoms with Crippen LogP contribution in [0.5, 0.6) is 0 Å². The van der Waals surface area contributed by atoms with Crippen LogP contribution in [-0.4, -0.2) is 71.2 Å². The molecule has 50 heavy (non-hydrogen) atoms. The first-order valence-corrected chi connectivity index (χ1v) is 17.4. The Morgan fingerprint density at radius 3 is 1.78 bits per heavy atom. The van der Waals surface area contributed by atoms with E-state index in [1.165, 1.54) is 0 Å². The van der Waals surface area contributed by atoms with Crippen molar-refractivity contribution in [3.63, 3.8) is 0 Å². The summed E-state index contributed by atoms with van der Waals surface area (Å²) in [6.07, 6.45) is 6.52. The van der Waals surface area contributed by atoms with Gasteiger partial charge in [-0.25, -0.2) is 24.5 Å². The number of nitrogens with one attached hydrogen (secondary N) is 2. The van der Waals surface area contributed by atoms with Crippen LogP contribution in [-0.2, 0) is 9.47 Å². The minimum absolute atomic E-state index is 0.123. The van der Waals surface area contributed by atoms with Crippen molar-refractivity contribution in [3.05, 3.63) is 78.6 Å². The molecule has 3 aromatic heterocycles. The van der Waals surface area contributed by atoms with Gasteiger partial charge in [0, 0.05) is 18.5 Å². The van der Waals surface area contributed by atoms with Gasteiger partial charge in [0.05, 0.1) is 47.1 Å². The first kappa shape index (κ1) is 33.3.